The first kappa shape index (κ1) is 35.1. The third-order valence-corrected chi connectivity index (χ3v) is 11.4. The minimum absolute atomic E-state index is 0.670. The fraction of sp³-hybridized carbons (Fsp3) is 0. The highest BCUT2D eigenvalue weighted by atomic mass is 14.9. The van der Waals surface area contributed by atoms with Crippen LogP contribution in [-0.4, -0.2) is 19.9 Å². The van der Waals surface area contributed by atoms with Crippen molar-refractivity contribution in [3.05, 3.63) is 218 Å². The van der Waals surface area contributed by atoms with E-state index in [1.165, 1.54) is 27.6 Å². The van der Waals surface area contributed by atoms with Gasteiger partial charge in [-0.3, -0.25) is 0 Å². The van der Waals surface area contributed by atoms with E-state index < -0.39 is 0 Å². The van der Waals surface area contributed by atoms with Crippen LogP contribution >= 0.6 is 0 Å². The van der Waals surface area contributed by atoms with Crippen molar-refractivity contribution in [3.63, 3.8) is 0 Å². The molecule has 0 spiro atoms. The predicted molar refractivity (Wildman–Crippen MR) is 248 cm³/mol. The molecular weight excluding hydrogens is 729 g/mol. The van der Waals surface area contributed by atoms with Crippen LogP contribution in [0.3, 0.4) is 0 Å². The Labute approximate surface area is 348 Å². The van der Waals surface area contributed by atoms with Gasteiger partial charge in [-0.05, 0) is 62.0 Å². The van der Waals surface area contributed by atoms with Gasteiger partial charge in [0.05, 0.1) is 22.6 Å². The van der Waals surface area contributed by atoms with E-state index in [4.69, 9.17) is 19.9 Å². The lowest BCUT2D eigenvalue weighted by Crippen LogP contribution is -1.98. The molecule has 0 unspecified atom stereocenters. The molecule has 2 aromatic heterocycles. The zero-order valence-corrected chi connectivity index (χ0v) is 32.6. The summed E-state index contributed by atoms with van der Waals surface area (Å²) >= 11 is 0. The van der Waals surface area contributed by atoms with Gasteiger partial charge in [0, 0.05) is 33.2 Å². The molecule has 11 aromatic rings. The summed E-state index contributed by atoms with van der Waals surface area (Å²) in [5, 5.41) is 5.60. The molecule has 9 aromatic carbocycles. The number of nitrogens with zero attached hydrogens (tertiary/aromatic N) is 4. The minimum atomic E-state index is 0.670. The zero-order valence-electron chi connectivity index (χ0n) is 32.6. The van der Waals surface area contributed by atoms with Crippen molar-refractivity contribution in [1.29, 1.82) is 0 Å². The Morgan fingerprint density at radius 3 is 1.27 bits per heavy atom. The van der Waals surface area contributed by atoms with Crippen molar-refractivity contribution >= 4 is 32.4 Å². The van der Waals surface area contributed by atoms with Gasteiger partial charge in [0.25, 0.3) is 0 Å². The first-order chi connectivity index (χ1) is 29.7. The molecule has 0 saturated heterocycles. The Morgan fingerprint density at radius 2 is 0.667 bits per heavy atom. The van der Waals surface area contributed by atoms with Gasteiger partial charge < -0.3 is 0 Å². The van der Waals surface area contributed by atoms with Gasteiger partial charge in [0.15, 0.2) is 11.6 Å². The number of hydrogen-bond acceptors (Lipinski definition) is 4. The molecule has 0 aliphatic rings. The average Bonchev–Trinajstić information content (AvgIpc) is 3.33. The molecule has 0 aliphatic carbocycles. The smallest absolute Gasteiger partial charge is 0.161 e. The molecule has 60 heavy (non-hydrogen) atoms. The number of fused-ring (bicyclic) bond motifs is 3. The predicted octanol–water partition coefficient (Wildman–Crippen LogP) is 14.4. The van der Waals surface area contributed by atoms with Crippen LogP contribution in [0.25, 0.3) is 111 Å². The Bertz CT molecular complexity index is 3200. The van der Waals surface area contributed by atoms with Crippen LogP contribution in [0.4, 0.5) is 0 Å². The van der Waals surface area contributed by atoms with Crippen molar-refractivity contribution < 1.29 is 0 Å². The van der Waals surface area contributed by atoms with Crippen molar-refractivity contribution in [2.24, 2.45) is 0 Å². The van der Waals surface area contributed by atoms with Crippen LogP contribution < -0.4 is 0 Å². The highest BCUT2D eigenvalue weighted by Crippen LogP contribution is 2.40. The molecule has 0 radical (unpaired) electrons. The molecule has 4 nitrogen and oxygen atoms in total. The van der Waals surface area contributed by atoms with Crippen LogP contribution in [0.2, 0.25) is 0 Å². The fourth-order valence-electron chi connectivity index (χ4n) is 8.42. The molecule has 11 rings (SSSR count). The average molecular weight is 765 g/mol. The summed E-state index contributed by atoms with van der Waals surface area (Å²) in [7, 11) is 0. The van der Waals surface area contributed by atoms with Crippen molar-refractivity contribution in [3.8, 4) is 78.8 Å². The molecule has 0 atom stereocenters. The van der Waals surface area contributed by atoms with Crippen LogP contribution in [0.5, 0.6) is 0 Å². The maximum Gasteiger partial charge on any atom is 0.161 e. The van der Waals surface area contributed by atoms with E-state index in [1.807, 2.05) is 30.3 Å². The Balaban J connectivity index is 1.08. The topological polar surface area (TPSA) is 51.6 Å². The van der Waals surface area contributed by atoms with Gasteiger partial charge in [0.1, 0.15) is 0 Å². The molecule has 0 bridgehead atoms. The van der Waals surface area contributed by atoms with Crippen LogP contribution in [0.15, 0.2) is 218 Å². The first-order valence-electron chi connectivity index (χ1n) is 20.2. The molecule has 0 aliphatic heterocycles. The summed E-state index contributed by atoms with van der Waals surface area (Å²) in [5.74, 6) is 1.35. The van der Waals surface area contributed by atoms with E-state index in [9.17, 15) is 0 Å². The highest BCUT2D eigenvalue weighted by molar-refractivity contribution is 6.06. The van der Waals surface area contributed by atoms with Gasteiger partial charge >= 0.3 is 0 Å². The first-order valence-corrected chi connectivity index (χ1v) is 20.2. The molecule has 0 amide bonds. The van der Waals surface area contributed by atoms with Gasteiger partial charge in [-0.15, -0.1) is 0 Å². The second kappa shape index (κ2) is 15.0. The van der Waals surface area contributed by atoms with E-state index in [0.29, 0.717) is 11.6 Å². The van der Waals surface area contributed by atoms with Gasteiger partial charge in [-0.1, -0.05) is 200 Å². The summed E-state index contributed by atoms with van der Waals surface area (Å²) in [5.41, 5.74) is 13.2. The molecule has 4 heteroatoms. The summed E-state index contributed by atoms with van der Waals surface area (Å²) in [6.07, 6.45) is 0. The zero-order chi connectivity index (χ0) is 39.8. The number of aromatic nitrogens is 4. The van der Waals surface area contributed by atoms with Gasteiger partial charge in [-0.2, -0.15) is 0 Å². The summed E-state index contributed by atoms with van der Waals surface area (Å²) < 4.78 is 0. The van der Waals surface area contributed by atoms with E-state index in [0.717, 1.165) is 72.0 Å². The maximum atomic E-state index is 5.41. The molecule has 0 saturated carbocycles. The summed E-state index contributed by atoms with van der Waals surface area (Å²) in [6.45, 7) is 0. The van der Waals surface area contributed by atoms with Gasteiger partial charge in [-0.25, -0.2) is 19.9 Å². The molecule has 2 heterocycles. The summed E-state index contributed by atoms with van der Waals surface area (Å²) in [4.78, 5) is 20.9. The quantitative estimate of drug-likeness (QED) is 0.162. The molecule has 0 N–H and O–H groups in total. The number of rotatable bonds is 7. The van der Waals surface area contributed by atoms with Crippen molar-refractivity contribution in [1.82, 2.24) is 19.9 Å². The van der Waals surface area contributed by atoms with Crippen LogP contribution in [-0.2, 0) is 0 Å². The third-order valence-electron chi connectivity index (χ3n) is 11.4. The number of benzene rings is 9. The number of para-hydroxylation sites is 1. The maximum absolute atomic E-state index is 5.41. The fourth-order valence-corrected chi connectivity index (χ4v) is 8.42. The van der Waals surface area contributed by atoms with Crippen LogP contribution in [0, 0.1) is 0 Å². The van der Waals surface area contributed by atoms with Crippen molar-refractivity contribution in [2.75, 3.05) is 0 Å². The summed E-state index contributed by atoms with van der Waals surface area (Å²) in [6, 6.07) is 76.2. The standard InChI is InChI=1S/C56H36N4/c1-4-16-37(17-5-1)42-32-34-48(46-24-12-10-22-44(42)46)53-36-52(58-56(59-53)49-35-33-43(38-18-6-2-7-19-38)45-23-11-13-25-47(45)49)39-28-30-41(31-29-39)55-57-51-27-15-14-26-50(51)54(60-55)40-20-8-3-9-21-40/h1-36H. The molecule has 0 fully saturated rings. The lowest BCUT2D eigenvalue weighted by Gasteiger charge is -2.15. The van der Waals surface area contributed by atoms with Crippen molar-refractivity contribution in [2.45, 2.75) is 0 Å². The lowest BCUT2D eigenvalue weighted by atomic mass is 9.93. The SMILES string of the molecule is c1ccc(-c2nc(-c3ccc(-c4cc(-c5ccc(-c6ccccc6)c6ccccc56)nc(-c5ccc(-c6ccccc6)c6ccccc56)n4)cc3)nc3ccccc23)cc1. The monoisotopic (exact) mass is 764 g/mol. The third kappa shape index (κ3) is 6.37. The second-order valence-electron chi connectivity index (χ2n) is 15.0. The molecular formula is C56H36N4. The molecule has 280 valence electrons. The second-order valence-corrected chi connectivity index (χ2v) is 15.0. The number of hydrogen-bond donors (Lipinski definition) is 0. The normalized spacial score (nSPS) is 11.3. The van der Waals surface area contributed by atoms with E-state index in [-0.39, 0.29) is 0 Å². The lowest BCUT2D eigenvalue weighted by molar-refractivity contribution is 1.19. The van der Waals surface area contributed by atoms with E-state index in [1.54, 1.807) is 0 Å². The Morgan fingerprint density at radius 1 is 0.233 bits per heavy atom. The largest absolute Gasteiger partial charge is 0.228 e. The van der Waals surface area contributed by atoms with Crippen LogP contribution in [0.1, 0.15) is 0 Å². The van der Waals surface area contributed by atoms with Gasteiger partial charge in [0.2, 0.25) is 0 Å². The Hall–Kier alpha value is -8.08. The van der Waals surface area contributed by atoms with E-state index in [2.05, 4.69) is 188 Å². The Kier molecular flexibility index (Phi) is 8.79. The minimum Gasteiger partial charge on any atom is -0.228 e. The van der Waals surface area contributed by atoms with E-state index >= 15 is 0 Å². The highest BCUT2D eigenvalue weighted by Gasteiger charge is 2.18.